The predicted octanol–water partition coefficient (Wildman–Crippen LogP) is 3.89. The first-order chi connectivity index (χ1) is 10.1. The number of hydrazone groups is 1. The van der Waals surface area contributed by atoms with E-state index in [1.54, 1.807) is 35.8 Å². The summed E-state index contributed by atoms with van der Waals surface area (Å²) in [4.78, 5) is 12.6. The molecule has 0 radical (unpaired) electrons. The van der Waals surface area contributed by atoms with Crippen LogP contribution in [-0.2, 0) is 4.79 Å². The zero-order chi connectivity index (χ0) is 15.2. The van der Waals surface area contributed by atoms with Gasteiger partial charge in [-0.15, -0.1) is 11.3 Å². The SMILES string of the molecule is Cc1ccsc1/C=N/NC(=O)COc1ccc(Cl)cc1Cl. The number of hydrogen-bond donors (Lipinski definition) is 1. The summed E-state index contributed by atoms with van der Waals surface area (Å²) in [6.07, 6.45) is 1.60. The smallest absolute Gasteiger partial charge is 0.277 e. The molecule has 2 rings (SSSR count). The van der Waals surface area contributed by atoms with Gasteiger partial charge in [-0.1, -0.05) is 23.2 Å². The van der Waals surface area contributed by atoms with E-state index in [0.717, 1.165) is 10.4 Å². The molecule has 0 atom stereocenters. The van der Waals surface area contributed by atoms with Crippen molar-refractivity contribution >= 4 is 46.7 Å². The summed E-state index contributed by atoms with van der Waals surface area (Å²) in [6.45, 7) is 1.80. The van der Waals surface area contributed by atoms with Crippen LogP contribution in [0.15, 0.2) is 34.7 Å². The van der Waals surface area contributed by atoms with Crippen molar-refractivity contribution in [3.8, 4) is 5.75 Å². The van der Waals surface area contributed by atoms with E-state index in [4.69, 9.17) is 27.9 Å². The van der Waals surface area contributed by atoms with Crippen molar-refractivity contribution in [3.05, 3.63) is 50.1 Å². The highest BCUT2D eigenvalue weighted by atomic mass is 35.5. The summed E-state index contributed by atoms with van der Waals surface area (Å²) in [5.41, 5.74) is 3.51. The van der Waals surface area contributed by atoms with E-state index in [-0.39, 0.29) is 12.5 Å². The van der Waals surface area contributed by atoms with Crippen LogP contribution >= 0.6 is 34.5 Å². The molecule has 0 aliphatic heterocycles. The van der Waals surface area contributed by atoms with Crippen LogP contribution in [0.4, 0.5) is 0 Å². The average molecular weight is 343 g/mol. The number of nitrogens with zero attached hydrogens (tertiary/aromatic N) is 1. The molecule has 1 N–H and O–H groups in total. The van der Waals surface area contributed by atoms with Crippen LogP contribution in [0.1, 0.15) is 10.4 Å². The molecular weight excluding hydrogens is 331 g/mol. The molecule has 0 fully saturated rings. The second-order valence-corrected chi connectivity index (χ2v) is 5.92. The van der Waals surface area contributed by atoms with Crippen molar-refractivity contribution in [2.45, 2.75) is 6.92 Å². The molecule has 2 aromatic rings. The third-order valence-corrected chi connectivity index (χ3v) is 4.01. The molecular formula is C14H12Cl2N2O2S. The van der Waals surface area contributed by atoms with Crippen molar-refractivity contribution in [2.75, 3.05) is 6.61 Å². The van der Waals surface area contributed by atoms with Crippen LogP contribution in [0.2, 0.25) is 10.0 Å². The van der Waals surface area contributed by atoms with E-state index in [2.05, 4.69) is 10.5 Å². The number of thiophene rings is 1. The molecule has 4 nitrogen and oxygen atoms in total. The second-order valence-electron chi connectivity index (χ2n) is 4.12. The number of carbonyl (C=O) groups is 1. The van der Waals surface area contributed by atoms with Crippen molar-refractivity contribution in [3.63, 3.8) is 0 Å². The van der Waals surface area contributed by atoms with Gasteiger partial charge < -0.3 is 4.74 Å². The molecule has 7 heteroatoms. The Bertz CT molecular complexity index is 671. The number of rotatable bonds is 5. The Morgan fingerprint density at radius 3 is 2.90 bits per heavy atom. The molecule has 1 amide bonds. The maximum atomic E-state index is 11.6. The quantitative estimate of drug-likeness (QED) is 0.661. The lowest BCUT2D eigenvalue weighted by molar-refractivity contribution is -0.123. The Labute approximate surface area is 136 Å². The molecule has 0 bridgehead atoms. The molecule has 0 saturated heterocycles. The molecule has 110 valence electrons. The van der Waals surface area contributed by atoms with Crippen LogP contribution < -0.4 is 10.2 Å². The minimum absolute atomic E-state index is 0.178. The Balaban J connectivity index is 1.82. The summed E-state index contributed by atoms with van der Waals surface area (Å²) in [5, 5.41) is 6.70. The van der Waals surface area contributed by atoms with Gasteiger partial charge in [0, 0.05) is 9.90 Å². The fraction of sp³-hybridized carbons (Fsp3) is 0.143. The number of benzene rings is 1. The van der Waals surface area contributed by atoms with Gasteiger partial charge in [-0.25, -0.2) is 5.43 Å². The fourth-order valence-corrected chi connectivity index (χ4v) is 2.70. The standard InChI is InChI=1S/C14H12Cl2N2O2S/c1-9-4-5-21-13(9)7-17-18-14(19)8-20-12-3-2-10(15)6-11(12)16/h2-7H,8H2,1H3,(H,18,19)/b17-7+. The lowest BCUT2D eigenvalue weighted by Crippen LogP contribution is -2.24. The number of hydrogen-bond acceptors (Lipinski definition) is 4. The van der Waals surface area contributed by atoms with Gasteiger partial charge in [0.2, 0.25) is 0 Å². The summed E-state index contributed by atoms with van der Waals surface area (Å²) in [5.74, 6) is 0.0285. The van der Waals surface area contributed by atoms with Gasteiger partial charge in [-0.2, -0.15) is 5.10 Å². The number of ether oxygens (including phenoxy) is 1. The molecule has 0 aliphatic carbocycles. The number of halogens is 2. The molecule has 0 unspecified atom stereocenters. The van der Waals surface area contributed by atoms with Gasteiger partial charge >= 0.3 is 0 Å². The number of amides is 1. The van der Waals surface area contributed by atoms with Gasteiger partial charge in [-0.05, 0) is 42.1 Å². The number of nitrogens with one attached hydrogen (secondary N) is 1. The molecule has 0 spiro atoms. The van der Waals surface area contributed by atoms with E-state index in [9.17, 15) is 4.79 Å². The van der Waals surface area contributed by atoms with E-state index in [0.29, 0.717) is 15.8 Å². The minimum Gasteiger partial charge on any atom is -0.482 e. The van der Waals surface area contributed by atoms with Crippen LogP contribution in [0, 0.1) is 6.92 Å². The Hall–Kier alpha value is -1.56. The lowest BCUT2D eigenvalue weighted by atomic mass is 10.3. The number of carbonyl (C=O) groups excluding carboxylic acids is 1. The highest BCUT2D eigenvalue weighted by molar-refractivity contribution is 7.11. The highest BCUT2D eigenvalue weighted by Crippen LogP contribution is 2.27. The first-order valence-electron chi connectivity index (χ1n) is 6.00. The summed E-state index contributed by atoms with van der Waals surface area (Å²) in [7, 11) is 0. The van der Waals surface area contributed by atoms with Crippen LogP contribution in [-0.4, -0.2) is 18.7 Å². The monoisotopic (exact) mass is 342 g/mol. The number of aryl methyl sites for hydroxylation is 1. The van der Waals surface area contributed by atoms with Crippen LogP contribution in [0.3, 0.4) is 0 Å². The molecule has 1 aromatic heterocycles. The molecule has 0 saturated carbocycles. The second kappa shape index (κ2) is 7.45. The zero-order valence-electron chi connectivity index (χ0n) is 11.1. The van der Waals surface area contributed by atoms with E-state index < -0.39 is 0 Å². The Kier molecular flexibility index (Phi) is 5.61. The molecule has 0 aliphatic rings. The lowest BCUT2D eigenvalue weighted by Gasteiger charge is -2.06. The van der Waals surface area contributed by atoms with Crippen molar-refractivity contribution in [1.82, 2.24) is 5.43 Å². The van der Waals surface area contributed by atoms with Crippen molar-refractivity contribution in [1.29, 1.82) is 0 Å². The van der Waals surface area contributed by atoms with E-state index in [1.807, 2.05) is 18.4 Å². The highest BCUT2D eigenvalue weighted by Gasteiger charge is 2.05. The van der Waals surface area contributed by atoms with Gasteiger partial charge in [-0.3, -0.25) is 4.79 Å². The Morgan fingerprint density at radius 2 is 2.24 bits per heavy atom. The van der Waals surface area contributed by atoms with Gasteiger partial charge in [0.15, 0.2) is 6.61 Å². The molecule has 21 heavy (non-hydrogen) atoms. The first kappa shape index (κ1) is 15.8. The third-order valence-electron chi connectivity index (χ3n) is 2.53. The van der Waals surface area contributed by atoms with Crippen LogP contribution in [0.25, 0.3) is 0 Å². The van der Waals surface area contributed by atoms with Gasteiger partial charge in [0.25, 0.3) is 5.91 Å². The Morgan fingerprint density at radius 1 is 1.43 bits per heavy atom. The van der Waals surface area contributed by atoms with E-state index >= 15 is 0 Å². The van der Waals surface area contributed by atoms with Crippen molar-refractivity contribution < 1.29 is 9.53 Å². The first-order valence-corrected chi connectivity index (χ1v) is 7.63. The fourth-order valence-electron chi connectivity index (χ4n) is 1.45. The van der Waals surface area contributed by atoms with Gasteiger partial charge in [0.1, 0.15) is 5.75 Å². The minimum atomic E-state index is -0.369. The molecule has 1 aromatic carbocycles. The predicted molar refractivity (Wildman–Crippen MR) is 86.7 cm³/mol. The normalized spacial score (nSPS) is 10.8. The largest absolute Gasteiger partial charge is 0.482 e. The molecule has 1 heterocycles. The topological polar surface area (TPSA) is 50.7 Å². The average Bonchev–Trinajstić information content (AvgIpc) is 2.83. The van der Waals surface area contributed by atoms with Gasteiger partial charge in [0.05, 0.1) is 11.2 Å². The zero-order valence-corrected chi connectivity index (χ0v) is 13.4. The summed E-state index contributed by atoms with van der Waals surface area (Å²) in [6, 6.07) is 6.78. The van der Waals surface area contributed by atoms with Crippen LogP contribution in [0.5, 0.6) is 5.75 Å². The third kappa shape index (κ3) is 4.74. The summed E-state index contributed by atoms with van der Waals surface area (Å²) >= 11 is 13.3. The summed E-state index contributed by atoms with van der Waals surface area (Å²) < 4.78 is 5.29. The van der Waals surface area contributed by atoms with E-state index in [1.165, 1.54) is 0 Å². The maximum absolute atomic E-state index is 11.6. The maximum Gasteiger partial charge on any atom is 0.277 e. The van der Waals surface area contributed by atoms with Crippen molar-refractivity contribution in [2.24, 2.45) is 5.10 Å².